The Kier molecular flexibility index (Phi) is 4.24. The Labute approximate surface area is 133 Å². The minimum absolute atomic E-state index is 0.0866. The van der Waals surface area contributed by atoms with E-state index in [0.717, 1.165) is 5.69 Å². The highest BCUT2D eigenvalue weighted by atomic mass is 16.5. The van der Waals surface area contributed by atoms with Crippen LogP contribution in [0.4, 0.5) is 0 Å². The highest BCUT2D eigenvalue weighted by Crippen LogP contribution is 2.22. The first kappa shape index (κ1) is 15.4. The quantitative estimate of drug-likeness (QED) is 0.872. The predicted molar refractivity (Wildman–Crippen MR) is 81.8 cm³/mol. The number of H-pyrrole nitrogens is 1. The second kappa shape index (κ2) is 6.33. The number of rotatable bonds is 3. The van der Waals surface area contributed by atoms with Gasteiger partial charge in [0.25, 0.3) is 5.56 Å². The number of aromatic amines is 1. The first-order chi connectivity index (χ1) is 11.0. The van der Waals surface area contributed by atoms with Gasteiger partial charge < -0.3 is 14.6 Å². The van der Waals surface area contributed by atoms with E-state index in [1.54, 1.807) is 24.1 Å². The van der Waals surface area contributed by atoms with E-state index in [1.165, 1.54) is 10.7 Å². The van der Waals surface area contributed by atoms with Crippen molar-refractivity contribution < 1.29 is 9.53 Å². The van der Waals surface area contributed by atoms with Crippen LogP contribution in [0.1, 0.15) is 23.3 Å². The van der Waals surface area contributed by atoms with Crippen molar-refractivity contribution in [3.05, 3.63) is 45.9 Å². The lowest BCUT2D eigenvalue weighted by atomic mass is 10.2. The Morgan fingerprint density at radius 2 is 2.26 bits per heavy atom. The number of hydrogen-bond acceptors (Lipinski definition) is 5. The van der Waals surface area contributed by atoms with Gasteiger partial charge in [0, 0.05) is 24.5 Å². The molecule has 0 saturated carbocycles. The van der Waals surface area contributed by atoms with Gasteiger partial charge >= 0.3 is 0 Å². The maximum Gasteiger partial charge on any atom is 0.267 e. The molecular weight excluding hydrogens is 298 g/mol. The molecule has 3 heterocycles. The number of hydrogen-bond donors (Lipinski definition) is 1. The third kappa shape index (κ3) is 3.31. The van der Waals surface area contributed by atoms with Crippen LogP contribution in [0, 0.1) is 13.8 Å². The highest BCUT2D eigenvalue weighted by molar-refractivity contribution is 5.76. The fraction of sp³-hybridized carbons (Fsp3) is 0.467. The molecule has 0 spiro atoms. The normalized spacial score (nSPS) is 18.2. The molecule has 1 aliphatic heterocycles. The van der Waals surface area contributed by atoms with E-state index in [-0.39, 0.29) is 24.1 Å². The second-order valence-electron chi connectivity index (χ2n) is 5.60. The first-order valence-electron chi connectivity index (χ1n) is 7.48. The number of amides is 1. The van der Waals surface area contributed by atoms with E-state index in [1.807, 2.05) is 6.92 Å². The average molecular weight is 317 g/mol. The van der Waals surface area contributed by atoms with Gasteiger partial charge in [-0.15, -0.1) is 0 Å². The fourth-order valence-corrected chi connectivity index (χ4v) is 2.61. The summed E-state index contributed by atoms with van der Waals surface area (Å²) in [6.45, 7) is 4.92. The molecular formula is C15H19N5O3. The molecule has 0 aliphatic carbocycles. The van der Waals surface area contributed by atoms with Crippen molar-refractivity contribution in [2.24, 2.45) is 0 Å². The van der Waals surface area contributed by atoms with E-state index in [2.05, 4.69) is 15.1 Å². The molecule has 0 bridgehead atoms. The number of morpholine rings is 1. The van der Waals surface area contributed by atoms with Gasteiger partial charge in [-0.3, -0.25) is 9.59 Å². The van der Waals surface area contributed by atoms with E-state index < -0.39 is 0 Å². The summed E-state index contributed by atoms with van der Waals surface area (Å²) in [6.07, 6.45) is 1.72. The Morgan fingerprint density at radius 1 is 1.43 bits per heavy atom. The minimum Gasteiger partial charge on any atom is -0.377 e. The lowest BCUT2D eigenvalue weighted by molar-refractivity contribution is -0.141. The number of nitrogens with zero attached hydrogens (tertiary/aromatic N) is 4. The third-order valence-corrected chi connectivity index (χ3v) is 3.77. The zero-order valence-corrected chi connectivity index (χ0v) is 13.2. The van der Waals surface area contributed by atoms with Crippen LogP contribution in [0.15, 0.2) is 23.1 Å². The van der Waals surface area contributed by atoms with Crippen LogP contribution in [0.2, 0.25) is 0 Å². The summed E-state index contributed by atoms with van der Waals surface area (Å²) in [5.41, 5.74) is 1.33. The van der Waals surface area contributed by atoms with Crippen LogP contribution in [0.5, 0.6) is 0 Å². The maximum absolute atomic E-state index is 12.7. The molecule has 1 unspecified atom stereocenters. The number of aromatic nitrogens is 4. The number of aryl methyl sites for hydroxylation is 2. The Morgan fingerprint density at radius 3 is 3.00 bits per heavy atom. The zero-order chi connectivity index (χ0) is 16.4. The number of carbonyl (C=O) groups excluding carboxylic acids is 1. The summed E-state index contributed by atoms with van der Waals surface area (Å²) >= 11 is 0. The highest BCUT2D eigenvalue weighted by Gasteiger charge is 2.30. The van der Waals surface area contributed by atoms with Crippen molar-refractivity contribution in [1.82, 2.24) is 24.6 Å². The van der Waals surface area contributed by atoms with Gasteiger partial charge in [0.05, 0.1) is 18.9 Å². The predicted octanol–water partition coefficient (Wildman–Crippen LogP) is 0.183. The molecule has 23 heavy (non-hydrogen) atoms. The van der Waals surface area contributed by atoms with Gasteiger partial charge in [-0.25, -0.2) is 9.67 Å². The zero-order valence-electron chi connectivity index (χ0n) is 13.2. The number of carbonyl (C=O) groups is 1. The number of nitrogens with one attached hydrogen (secondary N) is 1. The maximum atomic E-state index is 12.7. The summed E-state index contributed by atoms with van der Waals surface area (Å²) in [5, 5.41) is 4.11. The standard InChI is InChI=1S/C15H19N5O3/c1-10-3-4-13(21)20(18-10)8-14(22)19-5-6-23-9-12(19)15-16-7-11(2)17-15/h3-4,7,12H,5-6,8-9H2,1-2H3,(H,16,17). The summed E-state index contributed by atoms with van der Waals surface area (Å²) < 4.78 is 6.67. The summed E-state index contributed by atoms with van der Waals surface area (Å²) in [4.78, 5) is 33.6. The molecule has 8 nitrogen and oxygen atoms in total. The number of ether oxygens (including phenoxy) is 1. The molecule has 122 valence electrons. The average Bonchev–Trinajstić information content (AvgIpc) is 2.97. The monoisotopic (exact) mass is 317 g/mol. The molecule has 2 aromatic rings. The van der Waals surface area contributed by atoms with E-state index in [9.17, 15) is 9.59 Å². The molecule has 0 radical (unpaired) electrons. The molecule has 8 heteroatoms. The van der Waals surface area contributed by atoms with Gasteiger partial charge in [0.15, 0.2) is 0 Å². The van der Waals surface area contributed by atoms with E-state index in [0.29, 0.717) is 31.3 Å². The van der Waals surface area contributed by atoms with Crippen LogP contribution in [-0.2, 0) is 16.1 Å². The molecule has 1 fully saturated rings. The Bertz CT molecular complexity index is 766. The lowest BCUT2D eigenvalue weighted by Crippen LogP contribution is -2.46. The summed E-state index contributed by atoms with van der Waals surface area (Å²) in [7, 11) is 0. The first-order valence-corrected chi connectivity index (χ1v) is 7.48. The Hall–Kier alpha value is -2.48. The topological polar surface area (TPSA) is 93.1 Å². The van der Waals surface area contributed by atoms with Crippen molar-refractivity contribution in [1.29, 1.82) is 0 Å². The van der Waals surface area contributed by atoms with Crippen molar-refractivity contribution in [3.8, 4) is 0 Å². The molecule has 0 aromatic carbocycles. The van der Waals surface area contributed by atoms with E-state index in [4.69, 9.17) is 4.74 Å². The third-order valence-electron chi connectivity index (χ3n) is 3.77. The molecule has 1 atom stereocenters. The summed E-state index contributed by atoms with van der Waals surface area (Å²) in [5.74, 6) is 0.521. The molecule has 1 saturated heterocycles. The van der Waals surface area contributed by atoms with Crippen LogP contribution in [-0.4, -0.2) is 50.3 Å². The van der Waals surface area contributed by atoms with Crippen molar-refractivity contribution in [2.75, 3.05) is 19.8 Å². The fourth-order valence-electron chi connectivity index (χ4n) is 2.61. The van der Waals surface area contributed by atoms with E-state index >= 15 is 0 Å². The van der Waals surface area contributed by atoms with Gasteiger partial charge in [-0.1, -0.05) is 0 Å². The molecule has 3 rings (SSSR count). The smallest absolute Gasteiger partial charge is 0.267 e. The van der Waals surface area contributed by atoms with Crippen LogP contribution in [0.3, 0.4) is 0 Å². The van der Waals surface area contributed by atoms with Crippen LogP contribution >= 0.6 is 0 Å². The lowest BCUT2D eigenvalue weighted by Gasteiger charge is -2.34. The molecule has 1 amide bonds. The minimum atomic E-state index is -0.289. The number of imidazole rings is 1. The van der Waals surface area contributed by atoms with Crippen LogP contribution in [0.25, 0.3) is 0 Å². The van der Waals surface area contributed by atoms with Crippen LogP contribution < -0.4 is 5.56 Å². The molecule has 1 N–H and O–H groups in total. The SMILES string of the molecule is Cc1ccc(=O)n(CC(=O)N2CCOCC2c2ncc(C)[nH]2)n1. The van der Waals surface area contributed by atoms with Gasteiger partial charge in [-0.2, -0.15) is 5.10 Å². The Balaban J connectivity index is 1.81. The van der Waals surface area contributed by atoms with Crippen molar-refractivity contribution in [3.63, 3.8) is 0 Å². The molecule has 2 aromatic heterocycles. The van der Waals surface area contributed by atoms with Gasteiger partial charge in [0.1, 0.15) is 18.4 Å². The van der Waals surface area contributed by atoms with Gasteiger partial charge in [0.2, 0.25) is 5.91 Å². The largest absolute Gasteiger partial charge is 0.377 e. The second-order valence-corrected chi connectivity index (χ2v) is 5.60. The van der Waals surface area contributed by atoms with Crippen molar-refractivity contribution >= 4 is 5.91 Å². The summed E-state index contributed by atoms with van der Waals surface area (Å²) in [6, 6.07) is 2.78. The van der Waals surface area contributed by atoms with Crippen molar-refractivity contribution in [2.45, 2.75) is 26.4 Å². The van der Waals surface area contributed by atoms with Gasteiger partial charge in [-0.05, 0) is 19.9 Å². The molecule has 1 aliphatic rings.